The number of halogens is 1. The number of fused-ring (bicyclic) bond motifs is 1. The van der Waals surface area contributed by atoms with Gasteiger partial charge in [-0.15, -0.1) is 24.2 Å². The van der Waals surface area contributed by atoms with Crippen molar-refractivity contribution in [2.24, 2.45) is 0 Å². The molecular formula is C17H23ClN2O2S. The average Bonchev–Trinajstić information content (AvgIpc) is 3.19. The van der Waals surface area contributed by atoms with E-state index in [-0.39, 0.29) is 36.0 Å². The summed E-state index contributed by atoms with van der Waals surface area (Å²) in [5.74, 6) is 2.81. The molecule has 4 rings (SSSR count). The number of para-hydroxylation sites is 1. The monoisotopic (exact) mass is 354 g/mol. The highest BCUT2D eigenvalue weighted by Crippen LogP contribution is 2.47. The molecule has 1 aliphatic carbocycles. The fraction of sp³-hybridized carbons (Fsp3) is 0.588. The zero-order valence-corrected chi connectivity index (χ0v) is 14.7. The molecule has 1 spiro atoms. The number of nitrogens with one attached hydrogen (secondary N) is 2. The lowest BCUT2D eigenvalue weighted by atomic mass is 9.86. The van der Waals surface area contributed by atoms with Crippen molar-refractivity contribution in [3.05, 3.63) is 29.8 Å². The number of ether oxygens (including phenoxy) is 1. The standard InChI is InChI=1S/C17H22N2O2S.ClH/c20-16(14-10-22-11-18-14)19-13-9-17(7-3-4-8-17)21-15-6-2-1-5-12(13)15;/h1-2,5-6,13-14,18H,3-4,7-11H2,(H,19,20);1H. The highest BCUT2D eigenvalue weighted by molar-refractivity contribution is 7.99. The van der Waals surface area contributed by atoms with E-state index in [9.17, 15) is 4.79 Å². The van der Waals surface area contributed by atoms with Gasteiger partial charge in [-0.1, -0.05) is 18.2 Å². The highest BCUT2D eigenvalue weighted by Gasteiger charge is 2.43. The van der Waals surface area contributed by atoms with Crippen LogP contribution in [0.1, 0.15) is 43.7 Å². The number of hydrogen-bond donors (Lipinski definition) is 2. The van der Waals surface area contributed by atoms with Gasteiger partial charge in [0.1, 0.15) is 11.4 Å². The van der Waals surface area contributed by atoms with Crippen molar-refractivity contribution in [2.45, 2.75) is 49.8 Å². The van der Waals surface area contributed by atoms with Gasteiger partial charge in [-0.3, -0.25) is 10.1 Å². The van der Waals surface area contributed by atoms with E-state index in [4.69, 9.17) is 4.74 Å². The Morgan fingerprint density at radius 2 is 2.09 bits per heavy atom. The molecule has 2 atom stereocenters. The Balaban J connectivity index is 0.00000156. The lowest BCUT2D eigenvalue weighted by Gasteiger charge is -2.40. The molecule has 1 saturated carbocycles. The van der Waals surface area contributed by atoms with E-state index in [2.05, 4.69) is 16.7 Å². The SMILES string of the molecule is Cl.O=C(NC1CC2(CCCC2)Oc2ccccc21)C1CSCN1. The smallest absolute Gasteiger partial charge is 0.238 e. The molecular weight excluding hydrogens is 332 g/mol. The van der Waals surface area contributed by atoms with Crippen molar-refractivity contribution < 1.29 is 9.53 Å². The first-order valence-electron chi connectivity index (χ1n) is 8.15. The van der Waals surface area contributed by atoms with Crippen LogP contribution in [-0.4, -0.2) is 29.2 Å². The van der Waals surface area contributed by atoms with E-state index in [0.29, 0.717) is 0 Å². The quantitative estimate of drug-likeness (QED) is 0.857. The van der Waals surface area contributed by atoms with Gasteiger partial charge in [0, 0.05) is 23.6 Å². The summed E-state index contributed by atoms with van der Waals surface area (Å²) >= 11 is 1.78. The topological polar surface area (TPSA) is 50.4 Å². The predicted octanol–water partition coefficient (Wildman–Crippen LogP) is 3.02. The summed E-state index contributed by atoms with van der Waals surface area (Å²) in [6, 6.07) is 8.18. The van der Waals surface area contributed by atoms with Gasteiger partial charge in [0.25, 0.3) is 0 Å². The summed E-state index contributed by atoms with van der Waals surface area (Å²) in [6.07, 6.45) is 5.55. The molecule has 2 heterocycles. The van der Waals surface area contributed by atoms with E-state index >= 15 is 0 Å². The Morgan fingerprint density at radius 3 is 2.83 bits per heavy atom. The maximum Gasteiger partial charge on any atom is 0.238 e. The molecule has 2 aliphatic heterocycles. The third-order valence-corrected chi connectivity index (χ3v) is 6.00. The summed E-state index contributed by atoms with van der Waals surface area (Å²) < 4.78 is 6.35. The van der Waals surface area contributed by atoms with Crippen LogP contribution in [0.5, 0.6) is 5.75 Å². The Bertz CT molecular complexity index is 571. The first-order chi connectivity index (χ1) is 10.8. The van der Waals surface area contributed by atoms with Crippen molar-refractivity contribution in [1.29, 1.82) is 0 Å². The van der Waals surface area contributed by atoms with Crippen molar-refractivity contribution in [3.8, 4) is 5.75 Å². The number of carbonyl (C=O) groups excluding carboxylic acids is 1. The molecule has 0 radical (unpaired) electrons. The zero-order valence-electron chi connectivity index (χ0n) is 13.0. The molecule has 1 saturated heterocycles. The van der Waals surface area contributed by atoms with Crippen LogP contribution >= 0.6 is 24.2 Å². The van der Waals surface area contributed by atoms with Gasteiger partial charge in [0.05, 0.1) is 12.1 Å². The molecule has 0 aromatic heterocycles. The molecule has 0 bridgehead atoms. The minimum atomic E-state index is -0.0653. The third kappa shape index (κ3) is 3.32. The maximum atomic E-state index is 12.5. The Labute approximate surface area is 147 Å². The molecule has 6 heteroatoms. The summed E-state index contributed by atoms with van der Waals surface area (Å²) in [5, 5.41) is 6.52. The highest BCUT2D eigenvalue weighted by atomic mass is 35.5. The average molecular weight is 355 g/mol. The summed E-state index contributed by atoms with van der Waals surface area (Å²) in [6.45, 7) is 0. The Morgan fingerprint density at radius 1 is 1.30 bits per heavy atom. The molecule has 1 amide bonds. The van der Waals surface area contributed by atoms with Gasteiger partial charge >= 0.3 is 0 Å². The molecule has 2 unspecified atom stereocenters. The second kappa shape index (κ2) is 6.91. The van der Waals surface area contributed by atoms with Gasteiger partial charge in [-0.25, -0.2) is 0 Å². The van der Waals surface area contributed by atoms with E-state index < -0.39 is 0 Å². The molecule has 2 N–H and O–H groups in total. The Hall–Kier alpha value is -0.910. The van der Waals surface area contributed by atoms with Crippen LogP contribution in [0.2, 0.25) is 0 Å². The van der Waals surface area contributed by atoms with Crippen molar-refractivity contribution in [2.75, 3.05) is 11.6 Å². The zero-order chi connectivity index (χ0) is 15.0. The largest absolute Gasteiger partial charge is 0.487 e. The lowest BCUT2D eigenvalue weighted by Crippen LogP contribution is -2.48. The molecule has 23 heavy (non-hydrogen) atoms. The predicted molar refractivity (Wildman–Crippen MR) is 95.3 cm³/mol. The van der Waals surface area contributed by atoms with Crippen LogP contribution in [-0.2, 0) is 4.79 Å². The lowest BCUT2D eigenvalue weighted by molar-refractivity contribution is -0.123. The first kappa shape index (κ1) is 16.9. The number of rotatable bonds is 2. The van der Waals surface area contributed by atoms with E-state index in [1.807, 2.05) is 18.2 Å². The second-order valence-electron chi connectivity index (χ2n) is 6.57. The number of thioether (sulfide) groups is 1. The van der Waals surface area contributed by atoms with Crippen molar-refractivity contribution in [3.63, 3.8) is 0 Å². The summed E-state index contributed by atoms with van der Waals surface area (Å²) in [7, 11) is 0. The summed E-state index contributed by atoms with van der Waals surface area (Å²) in [5.41, 5.74) is 1.06. The molecule has 3 aliphatic rings. The van der Waals surface area contributed by atoms with Crippen molar-refractivity contribution >= 4 is 30.1 Å². The second-order valence-corrected chi connectivity index (χ2v) is 7.60. The molecule has 2 fully saturated rings. The van der Waals surface area contributed by atoms with Gasteiger partial charge in [0.15, 0.2) is 0 Å². The van der Waals surface area contributed by atoms with Crippen molar-refractivity contribution in [1.82, 2.24) is 10.6 Å². The molecule has 4 nitrogen and oxygen atoms in total. The number of carbonyl (C=O) groups is 1. The Kier molecular flexibility index (Phi) is 5.09. The number of hydrogen-bond acceptors (Lipinski definition) is 4. The first-order valence-corrected chi connectivity index (χ1v) is 9.31. The fourth-order valence-corrected chi connectivity index (χ4v) is 4.85. The van der Waals surface area contributed by atoms with Crippen LogP contribution < -0.4 is 15.4 Å². The maximum absolute atomic E-state index is 12.5. The number of amides is 1. The van der Waals surface area contributed by atoms with Gasteiger partial charge in [-0.05, 0) is 31.7 Å². The molecule has 126 valence electrons. The minimum absolute atomic E-state index is 0. The van der Waals surface area contributed by atoms with Gasteiger partial charge in [0.2, 0.25) is 5.91 Å². The molecule has 1 aromatic carbocycles. The summed E-state index contributed by atoms with van der Waals surface area (Å²) in [4.78, 5) is 12.5. The van der Waals surface area contributed by atoms with Crippen LogP contribution in [0, 0.1) is 0 Å². The van der Waals surface area contributed by atoms with E-state index in [0.717, 1.165) is 42.2 Å². The van der Waals surface area contributed by atoms with Crippen LogP contribution in [0.15, 0.2) is 24.3 Å². The fourth-order valence-electron chi connectivity index (χ4n) is 3.91. The van der Waals surface area contributed by atoms with Crippen LogP contribution in [0.4, 0.5) is 0 Å². The third-order valence-electron chi connectivity index (χ3n) is 5.06. The van der Waals surface area contributed by atoms with Crippen LogP contribution in [0.25, 0.3) is 0 Å². The van der Waals surface area contributed by atoms with E-state index in [1.165, 1.54) is 12.8 Å². The molecule has 1 aromatic rings. The van der Waals surface area contributed by atoms with Crippen LogP contribution in [0.3, 0.4) is 0 Å². The van der Waals surface area contributed by atoms with E-state index in [1.54, 1.807) is 11.8 Å². The normalized spacial score (nSPS) is 27.8. The minimum Gasteiger partial charge on any atom is -0.487 e. The van der Waals surface area contributed by atoms with Gasteiger partial charge < -0.3 is 10.1 Å². The van der Waals surface area contributed by atoms with Gasteiger partial charge in [-0.2, -0.15) is 0 Å². The number of benzene rings is 1.